The highest BCUT2D eigenvalue weighted by Crippen LogP contribution is 2.31. The highest BCUT2D eigenvalue weighted by Gasteiger charge is 2.32. The summed E-state index contributed by atoms with van der Waals surface area (Å²) < 4.78 is 31.4. The van der Waals surface area contributed by atoms with E-state index in [1.54, 1.807) is 31.2 Å². The number of benzene rings is 1. The van der Waals surface area contributed by atoms with Crippen molar-refractivity contribution in [1.29, 1.82) is 0 Å². The molecular weight excluding hydrogens is 338 g/mol. The van der Waals surface area contributed by atoms with Crippen LogP contribution >= 0.6 is 11.6 Å². The summed E-state index contributed by atoms with van der Waals surface area (Å²) in [5, 5.41) is 1.51. The second-order valence-corrected chi connectivity index (χ2v) is 7.62. The summed E-state index contributed by atoms with van der Waals surface area (Å²) in [6.07, 6.45) is 1.41. The van der Waals surface area contributed by atoms with Crippen molar-refractivity contribution in [1.82, 2.24) is 5.32 Å². The molecule has 0 aliphatic carbocycles. The molecule has 124 valence electrons. The summed E-state index contributed by atoms with van der Waals surface area (Å²) in [7, 11) is -3.73. The van der Waals surface area contributed by atoms with Gasteiger partial charge in [-0.3, -0.25) is 4.79 Å². The van der Waals surface area contributed by atoms with Crippen molar-refractivity contribution in [2.24, 2.45) is 0 Å². The Labute approximate surface area is 140 Å². The maximum absolute atomic E-state index is 13.1. The van der Waals surface area contributed by atoms with Crippen LogP contribution in [0.25, 0.3) is 0 Å². The van der Waals surface area contributed by atoms with Crippen LogP contribution in [0.2, 0.25) is 0 Å². The molecule has 1 N–H and O–H groups in total. The molecule has 23 heavy (non-hydrogen) atoms. The zero-order valence-corrected chi connectivity index (χ0v) is 14.4. The first kappa shape index (κ1) is 17.6. The first-order valence-electron chi connectivity index (χ1n) is 7.03. The molecule has 0 saturated carbocycles. The smallest absolute Gasteiger partial charge is 0.234 e. The molecule has 1 aromatic carbocycles. The fraction of sp³-hybridized carbons (Fsp3) is 0.312. The van der Waals surface area contributed by atoms with Gasteiger partial charge in [0.15, 0.2) is 9.84 Å². The standard InChI is InChI=1S/C16H18ClNO4S/c1-11-5-6-12(2)14(8-11)23(20,21)15(10-18-16(19)9-17)13-4-3-7-22-13/h3-8,15H,9-10H2,1-2H3,(H,18,19)/t15-/m0/s1. The molecule has 7 heteroatoms. The second kappa shape index (κ2) is 7.19. The van der Waals surface area contributed by atoms with Gasteiger partial charge in [0.05, 0.1) is 11.2 Å². The molecular formula is C16H18ClNO4S. The summed E-state index contributed by atoms with van der Waals surface area (Å²) in [6, 6.07) is 8.44. The lowest BCUT2D eigenvalue weighted by Crippen LogP contribution is -2.32. The molecule has 0 spiro atoms. The van der Waals surface area contributed by atoms with Crippen LogP contribution in [0.3, 0.4) is 0 Å². The first-order valence-corrected chi connectivity index (χ1v) is 9.11. The molecule has 0 radical (unpaired) electrons. The van der Waals surface area contributed by atoms with Crippen LogP contribution < -0.4 is 5.32 Å². The van der Waals surface area contributed by atoms with Crippen LogP contribution in [0.1, 0.15) is 22.1 Å². The summed E-state index contributed by atoms with van der Waals surface area (Å²) in [5.41, 5.74) is 1.49. The Morgan fingerprint density at radius 3 is 2.65 bits per heavy atom. The number of aryl methyl sites for hydroxylation is 2. The highest BCUT2D eigenvalue weighted by molar-refractivity contribution is 7.91. The van der Waals surface area contributed by atoms with Gasteiger partial charge < -0.3 is 9.73 Å². The minimum Gasteiger partial charge on any atom is -0.468 e. The van der Waals surface area contributed by atoms with Gasteiger partial charge in [-0.15, -0.1) is 11.6 Å². The minimum atomic E-state index is -3.73. The fourth-order valence-electron chi connectivity index (χ4n) is 2.26. The van der Waals surface area contributed by atoms with Gasteiger partial charge in [0.1, 0.15) is 16.9 Å². The Hall–Kier alpha value is -1.79. The molecule has 1 aromatic heterocycles. The lowest BCUT2D eigenvalue weighted by Gasteiger charge is -2.18. The van der Waals surface area contributed by atoms with Crippen molar-refractivity contribution < 1.29 is 17.6 Å². The molecule has 0 bridgehead atoms. The van der Waals surface area contributed by atoms with E-state index in [4.69, 9.17) is 16.0 Å². The number of nitrogens with one attached hydrogen (secondary N) is 1. The van der Waals surface area contributed by atoms with Crippen molar-refractivity contribution in [3.8, 4) is 0 Å². The first-order chi connectivity index (χ1) is 10.9. The molecule has 1 amide bonds. The van der Waals surface area contributed by atoms with Crippen LogP contribution in [0.15, 0.2) is 45.9 Å². The van der Waals surface area contributed by atoms with E-state index >= 15 is 0 Å². The number of hydrogen-bond donors (Lipinski definition) is 1. The third-order valence-electron chi connectivity index (χ3n) is 3.49. The zero-order valence-electron chi connectivity index (χ0n) is 12.9. The van der Waals surface area contributed by atoms with E-state index in [1.807, 2.05) is 13.0 Å². The number of carbonyl (C=O) groups excluding carboxylic acids is 1. The molecule has 5 nitrogen and oxygen atoms in total. The van der Waals surface area contributed by atoms with Gasteiger partial charge >= 0.3 is 0 Å². The summed E-state index contributed by atoms with van der Waals surface area (Å²) >= 11 is 5.45. The Balaban J connectivity index is 2.44. The van der Waals surface area contributed by atoms with Crippen molar-refractivity contribution in [3.05, 3.63) is 53.5 Å². The molecule has 0 fully saturated rings. The quantitative estimate of drug-likeness (QED) is 0.808. The Kier molecular flexibility index (Phi) is 5.49. The zero-order chi connectivity index (χ0) is 17.0. The van der Waals surface area contributed by atoms with Gasteiger partial charge in [-0.1, -0.05) is 12.1 Å². The SMILES string of the molecule is Cc1ccc(C)c(S(=O)(=O)[C@@H](CNC(=O)CCl)c2ccco2)c1. The maximum Gasteiger partial charge on any atom is 0.234 e. The molecule has 1 atom stereocenters. The minimum absolute atomic E-state index is 0.102. The van der Waals surface area contributed by atoms with E-state index in [1.165, 1.54) is 6.26 Å². The fourth-order valence-corrected chi connectivity index (χ4v) is 4.27. The Bertz CT molecular complexity index is 784. The van der Waals surface area contributed by atoms with Crippen LogP contribution in [0, 0.1) is 13.8 Å². The predicted octanol–water partition coefficient (Wildman–Crippen LogP) is 2.77. The lowest BCUT2D eigenvalue weighted by atomic mass is 10.2. The largest absolute Gasteiger partial charge is 0.468 e. The van der Waals surface area contributed by atoms with E-state index in [9.17, 15) is 13.2 Å². The predicted molar refractivity (Wildman–Crippen MR) is 88.3 cm³/mol. The third-order valence-corrected chi connectivity index (χ3v) is 5.93. The van der Waals surface area contributed by atoms with Gasteiger partial charge in [-0.05, 0) is 43.2 Å². The summed E-state index contributed by atoms with van der Waals surface area (Å²) in [4.78, 5) is 11.6. The van der Waals surface area contributed by atoms with Gasteiger partial charge in [0, 0.05) is 6.54 Å². The van der Waals surface area contributed by atoms with Crippen molar-refractivity contribution in [3.63, 3.8) is 0 Å². The normalized spacial score (nSPS) is 12.8. The van der Waals surface area contributed by atoms with Crippen molar-refractivity contribution >= 4 is 27.3 Å². The molecule has 0 aliphatic rings. The molecule has 0 aliphatic heterocycles. The highest BCUT2D eigenvalue weighted by atomic mass is 35.5. The Morgan fingerprint density at radius 2 is 2.04 bits per heavy atom. The van der Waals surface area contributed by atoms with Crippen LogP contribution in [0.5, 0.6) is 0 Å². The van der Waals surface area contributed by atoms with E-state index < -0.39 is 21.0 Å². The molecule has 2 aromatic rings. The van der Waals surface area contributed by atoms with Crippen LogP contribution in [-0.4, -0.2) is 26.7 Å². The number of carbonyl (C=O) groups is 1. The number of sulfone groups is 1. The van der Waals surface area contributed by atoms with Gasteiger partial charge in [-0.2, -0.15) is 0 Å². The number of amides is 1. The van der Waals surface area contributed by atoms with Gasteiger partial charge in [0.2, 0.25) is 5.91 Å². The summed E-state index contributed by atoms with van der Waals surface area (Å²) in [6.45, 7) is 3.47. The van der Waals surface area contributed by atoms with Gasteiger partial charge in [0.25, 0.3) is 0 Å². The maximum atomic E-state index is 13.1. The average Bonchev–Trinajstić information content (AvgIpc) is 3.03. The van der Waals surface area contributed by atoms with Crippen molar-refractivity contribution in [2.45, 2.75) is 24.0 Å². The Morgan fingerprint density at radius 1 is 1.30 bits per heavy atom. The molecule has 0 unspecified atom stereocenters. The summed E-state index contributed by atoms with van der Waals surface area (Å²) in [5.74, 6) is -0.380. The van der Waals surface area contributed by atoms with E-state index in [-0.39, 0.29) is 23.1 Å². The number of furan rings is 1. The topological polar surface area (TPSA) is 76.4 Å². The third kappa shape index (κ3) is 3.95. The number of hydrogen-bond acceptors (Lipinski definition) is 4. The van der Waals surface area contributed by atoms with E-state index in [0.717, 1.165) is 5.56 Å². The monoisotopic (exact) mass is 355 g/mol. The second-order valence-electron chi connectivity index (χ2n) is 5.26. The van der Waals surface area contributed by atoms with Gasteiger partial charge in [-0.25, -0.2) is 8.42 Å². The molecule has 1 heterocycles. The molecule has 2 rings (SSSR count). The van der Waals surface area contributed by atoms with Crippen molar-refractivity contribution in [2.75, 3.05) is 12.4 Å². The molecule has 0 saturated heterocycles. The lowest BCUT2D eigenvalue weighted by molar-refractivity contribution is -0.118. The van der Waals surface area contributed by atoms with E-state index in [0.29, 0.717) is 5.56 Å². The van der Waals surface area contributed by atoms with E-state index in [2.05, 4.69) is 5.32 Å². The number of alkyl halides is 1. The average molecular weight is 356 g/mol. The number of halogens is 1. The number of rotatable bonds is 6. The van der Waals surface area contributed by atoms with Crippen LogP contribution in [0.4, 0.5) is 0 Å². The van der Waals surface area contributed by atoms with Crippen LogP contribution in [-0.2, 0) is 14.6 Å².